The highest BCUT2D eigenvalue weighted by Gasteiger charge is 2.09. The molecule has 0 heterocycles. The predicted octanol–water partition coefficient (Wildman–Crippen LogP) is 2.22. The quantitative estimate of drug-likeness (QED) is 0.467. The van der Waals surface area contributed by atoms with Gasteiger partial charge in [-0.1, -0.05) is 12.5 Å². The van der Waals surface area contributed by atoms with E-state index in [2.05, 4.69) is 6.58 Å². The van der Waals surface area contributed by atoms with Crippen LogP contribution in [0.25, 0.3) is 0 Å². The van der Waals surface area contributed by atoms with Gasteiger partial charge in [-0.25, -0.2) is 4.79 Å². The van der Waals surface area contributed by atoms with Crippen molar-refractivity contribution in [1.82, 2.24) is 0 Å². The Morgan fingerprint density at radius 2 is 2.23 bits per heavy atom. The maximum Gasteiger partial charge on any atom is 0.332 e. The maximum absolute atomic E-state index is 10.3. The summed E-state index contributed by atoms with van der Waals surface area (Å²) in [6, 6.07) is 0. The molecule has 0 bridgehead atoms. The zero-order valence-electron chi connectivity index (χ0n) is 8.16. The summed E-state index contributed by atoms with van der Waals surface area (Å²) >= 11 is 0. The average Bonchev–Trinajstić information content (AvgIpc) is 2.10. The van der Waals surface area contributed by atoms with E-state index in [4.69, 9.17) is 9.84 Å². The van der Waals surface area contributed by atoms with Crippen molar-refractivity contribution in [3.8, 4) is 0 Å². The van der Waals surface area contributed by atoms with Gasteiger partial charge in [-0.05, 0) is 26.2 Å². The minimum Gasteiger partial charge on any atom is -0.479 e. The number of hydrogen-bond acceptors (Lipinski definition) is 2. The first-order chi connectivity index (χ1) is 6.18. The molecular formula is C10H18O3. The van der Waals surface area contributed by atoms with Crippen LogP contribution in [0, 0.1) is 0 Å². The number of carboxylic acid groups (broad SMARTS) is 1. The molecule has 0 spiro atoms. The van der Waals surface area contributed by atoms with Crippen LogP contribution in [0.4, 0.5) is 0 Å². The van der Waals surface area contributed by atoms with Gasteiger partial charge < -0.3 is 9.84 Å². The molecule has 0 aliphatic carbocycles. The van der Waals surface area contributed by atoms with Crippen LogP contribution in [0.2, 0.25) is 0 Å². The fourth-order valence-electron chi connectivity index (χ4n) is 0.899. The summed E-state index contributed by atoms with van der Waals surface area (Å²) in [5.74, 6) is -0.897. The molecule has 0 saturated carbocycles. The summed E-state index contributed by atoms with van der Waals surface area (Å²) in [5, 5.41) is 8.48. The van der Waals surface area contributed by atoms with E-state index in [0.717, 1.165) is 25.7 Å². The number of carbonyl (C=O) groups is 1. The summed E-state index contributed by atoms with van der Waals surface area (Å²) in [6.07, 6.45) is 5.33. The first-order valence-corrected chi connectivity index (χ1v) is 4.63. The van der Waals surface area contributed by atoms with E-state index >= 15 is 0 Å². The van der Waals surface area contributed by atoms with Crippen LogP contribution in [0.1, 0.15) is 32.6 Å². The molecule has 0 rings (SSSR count). The number of allylic oxidation sites excluding steroid dienone is 1. The van der Waals surface area contributed by atoms with Crippen LogP contribution in [-0.2, 0) is 9.53 Å². The van der Waals surface area contributed by atoms with Gasteiger partial charge in [0.2, 0.25) is 0 Å². The Hall–Kier alpha value is -0.830. The molecule has 0 radical (unpaired) electrons. The van der Waals surface area contributed by atoms with Crippen molar-refractivity contribution in [3.63, 3.8) is 0 Å². The fourth-order valence-corrected chi connectivity index (χ4v) is 0.899. The molecule has 0 saturated heterocycles. The average molecular weight is 186 g/mol. The molecule has 13 heavy (non-hydrogen) atoms. The lowest BCUT2D eigenvalue weighted by atomic mass is 10.2. The normalized spacial score (nSPS) is 12.4. The third-order valence-corrected chi connectivity index (χ3v) is 1.77. The van der Waals surface area contributed by atoms with Gasteiger partial charge in [0, 0.05) is 6.61 Å². The van der Waals surface area contributed by atoms with Crippen LogP contribution < -0.4 is 0 Å². The SMILES string of the molecule is C=CCCCCCO[C@@H](C)C(=O)O. The zero-order chi connectivity index (χ0) is 10.1. The zero-order valence-corrected chi connectivity index (χ0v) is 8.16. The lowest BCUT2D eigenvalue weighted by molar-refractivity contribution is -0.149. The third-order valence-electron chi connectivity index (χ3n) is 1.77. The molecular weight excluding hydrogens is 168 g/mol. The Labute approximate surface area is 79.4 Å². The van der Waals surface area contributed by atoms with Gasteiger partial charge in [-0.2, -0.15) is 0 Å². The lowest BCUT2D eigenvalue weighted by Crippen LogP contribution is -2.20. The van der Waals surface area contributed by atoms with Gasteiger partial charge in [-0.15, -0.1) is 6.58 Å². The second-order valence-corrected chi connectivity index (χ2v) is 2.99. The summed E-state index contributed by atoms with van der Waals surface area (Å²) in [6.45, 7) is 5.70. The fraction of sp³-hybridized carbons (Fsp3) is 0.700. The van der Waals surface area contributed by atoms with E-state index in [0.29, 0.717) is 6.61 Å². The minimum absolute atomic E-state index is 0.532. The number of aliphatic carboxylic acids is 1. The first-order valence-electron chi connectivity index (χ1n) is 4.63. The summed E-state index contributed by atoms with van der Waals surface area (Å²) in [4.78, 5) is 10.3. The Bertz CT molecular complexity index is 154. The van der Waals surface area contributed by atoms with Gasteiger partial charge in [-0.3, -0.25) is 0 Å². The van der Waals surface area contributed by atoms with E-state index in [1.54, 1.807) is 6.92 Å². The Morgan fingerprint density at radius 3 is 2.77 bits per heavy atom. The molecule has 3 heteroatoms. The molecule has 0 aliphatic heterocycles. The third kappa shape index (κ3) is 7.53. The molecule has 0 unspecified atom stereocenters. The predicted molar refractivity (Wildman–Crippen MR) is 51.7 cm³/mol. The molecule has 0 aromatic rings. The molecule has 0 fully saturated rings. The molecule has 1 atom stereocenters. The monoisotopic (exact) mass is 186 g/mol. The summed E-state index contributed by atoms with van der Waals surface area (Å²) in [5.41, 5.74) is 0. The number of unbranched alkanes of at least 4 members (excludes halogenated alkanes) is 3. The smallest absolute Gasteiger partial charge is 0.332 e. The van der Waals surface area contributed by atoms with Crippen LogP contribution in [-0.4, -0.2) is 23.8 Å². The summed E-state index contributed by atoms with van der Waals surface area (Å²) in [7, 11) is 0. The van der Waals surface area contributed by atoms with E-state index in [9.17, 15) is 4.79 Å². The van der Waals surface area contributed by atoms with E-state index in [-0.39, 0.29) is 0 Å². The number of carboxylic acids is 1. The van der Waals surface area contributed by atoms with Crippen molar-refractivity contribution in [1.29, 1.82) is 0 Å². The van der Waals surface area contributed by atoms with Gasteiger partial charge >= 0.3 is 5.97 Å². The van der Waals surface area contributed by atoms with Crippen LogP contribution in [0.3, 0.4) is 0 Å². The number of rotatable bonds is 8. The second kappa shape index (κ2) is 7.80. The standard InChI is InChI=1S/C10H18O3/c1-3-4-5-6-7-8-13-9(2)10(11)12/h3,9H,1,4-8H2,2H3,(H,11,12)/t9-/m0/s1. The van der Waals surface area contributed by atoms with Gasteiger partial charge in [0.1, 0.15) is 0 Å². The van der Waals surface area contributed by atoms with Gasteiger partial charge in [0.25, 0.3) is 0 Å². The van der Waals surface area contributed by atoms with Crippen LogP contribution in [0.5, 0.6) is 0 Å². The maximum atomic E-state index is 10.3. The van der Waals surface area contributed by atoms with Crippen molar-refractivity contribution in [3.05, 3.63) is 12.7 Å². The van der Waals surface area contributed by atoms with Crippen molar-refractivity contribution in [2.45, 2.75) is 38.7 Å². The second-order valence-electron chi connectivity index (χ2n) is 2.99. The van der Waals surface area contributed by atoms with Crippen molar-refractivity contribution in [2.75, 3.05) is 6.61 Å². The Morgan fingerprint density at radius 1 is 1.54 bits per heavy atom. The topological polar surface area (TPSA) is 46.5 Å². The highest BCUT2D eigenvalue weighted by Crippen LogP contribution is 2.01. The van der Waals surface area contributed by atoms with Crippen LogP contribution in [0.15, 0.2) is 12.7 Å². The number of ether oxygens (including phenoxy) is 1. The van der Waals surface area contributed by atoms with E-state index in [1.807, 2.05) is 6.08 Å². The van der Waals surface area contributed by atoms with Gasteiger partial charge in [0.05, 0.1) is 0 Å². The molecule has 3 nitrogen and oxygen atoms in total. The molecule has 76 valence electrons. The number of hydrogen-bond donors (Lipinski definition) is 1. The first kappa shape index (κ1) is 12.2. The Kier molecular flexibility index (Phi) is 7.30. The van der Waals surface area contributed by atoms with Gasteiger partial charge in [0.15, 0.2) is 6.10 Å². The molecule has 1 N–H and O–H groups in total. The molecule has 0 amide bonds. The molecule has 0 aromatic carbocycles. The van der Waals surface area contributed by atoms with Crippen molar-refractivity contribution < 1.29 is 14.6 Å². The highest BCUT2D eigenvalue weighted by molar-refractivity contribution is 5.71. The lowest BCUT2D eigenvalue weighted by Gasteiger charge is -2.07. The minimum atomic E-state index is -0.897. The highest BCUT2D eigenvalue weighted by atomic mass is 16.5. The Balaban J connectivity index is 3.15. The van der Waals surface area contributed by atoms with Crippen LogP contribution >= 0.6 is 0 Å². The largest absolute Gasteiger partial charge is 0.479 e. The molecule has 0 aromatic heterocycles. The van der Waals surface area contributed by atoms with E-state index in [1.165, 1.54) is 0 Å². The summed E-state index contributed by atoms with van der Waals surface area (Å²) < 4.78 is 5.06. The molecule has 0 aliphatic rings. The van der Waals surface area contributed by atoms with Crippen molar-refractivity contribution in [2.24, 2.45) is 0 Å². The van der Waals surface area contributed by atoms with E-state index < -0.39 is 12.1 Å². The van der Waals surface area contributed by atoms with Crippen molar-refractivity contribution >= 4 is 5.97 Å².